The maximum atomic E-state index is 14.0. The van der Waals surface area contributed by atoms with E-state index in [4.69, 9.17) is 11.1 Å². The van der Waals surface area contributed by atoms with Crippen LogP contribution in [0, 0.1) is 23.5 Å². The van der Waals surface area contributed by atoms with Crippen LogP contribution in [0.2, 0.25) is 12.1 Å². The first kappa shape index (κ1) is 21.0. The van der Waals surface area contributed by atoms with E-state index in [-0.39, 0.29) is 5.92 Å². The molecule has 3 rings (SSSR count). The summed E-state index contributed by atoms with van der Waals surface area (Å²) in [5.41, 5.74) is 0.551. The summed E-state index contributed by atoms with van der Waals surface area (Å²) < 4.78 is 56.3. The Morgan fingerprint density at radius 2 is 1.44 bits per heavy atom. The molecular weight excluding hydrogens is 396 g/mol. The lowest BCUT2D eigenvalue weighted by Gasteiger charge is -2.31. The fourth-order valence-electron chi connectivity index (χ4n) is 4.68. The third-order valence-electron chi connectivity index (χ3n) is 6.31. The second-order valence-electron chi connectivity index (χ2n) is 8.11. The number of hydrogen-bond acceptors (Lipinski definition) is 1. The molecule has 0 amide bonds. The third kappa shape index (κ3) is 5.86. The van der Waals surface area contributed by atoms with Crippen molar-refractivity contribution in [2.75, 3.05) is 0 Å². The Labute approximate surface area is 164 Å². The number of hydrogen-bond donors (Lipinski definition) is 0. The molecule has 27 heavy (non-hydrogen) atoms. The molecule has 1 aromatic rings. The molecule has 0 bridgehead atoms. The highest BCUT2D eigenvalue weighted by molar-refractivity contribution is 7.07. The predicted molar refractivity (Wildman–Crippen MR) is 102 cm³/mol. The molecule has 152 valence electrons. The van der Waals surface area contributed by atoms with E-state index in [0.717, 1.165) is 43.7 Å². The summed E-state index contributed by atoms with van der Waals surface area (Å²) >= 11 is 6.30. The second-order valence-corrected chi connectivity index (χ2v) is 12.3. The van der Waals surface area contributed by atoms with Gasteiger partial charge in [0, 0.05) is 0 Å². The summed E-state index contributed by atoms with van der Waals surface area (Å²) in [5, 5.41) is 0. The maximum absolute atomic E-state index is 14.0. The zero-order valence-electron chi connectivity index (χ0n) is 15.4. The van der Waals surface area contributed by atoms with Crippen LogP contribution in [0.15, 0.2) is 12.1 Å². The highest BCUT2D eigenvalue weighted by Crippen LogP contribution is 2.40. The normalized spacial score (nSPS) is 29.1. The van der Waals surface area contributed by atoms with Gasteiger partial charge in [-0.1, -0.05) is 25.7 Å². The average Bonchev–Trinajstić information content (AvgIpc) is 2.64. The first-order valence-electron chi connectivity index (χ1n) is 10.00. The molecule has 7 heteroatoms. The fraction of sp³-hybridized carbons (Fsp3) is 0.700. The van der Waals surface area contributed by atoms with Crippen molar-refractivity contribution in [2.45, 2.75) is 76.0 Å². The van der Waals surface area contributed by atoms with Crippen LogP contribution in [0.5, 0.6) is 5.75 Å². The largest absolute Gasteiger partial charge is 0.429 e. The van der Waals surface area contributed by atoms with E-state index in [0.29, 0.717) is 11.5 Å². The van der Waals surface area contributed by atoms with Crippen molar-refractivity contribution >= 4 is 19.2 Å². The van der Waals surface area contributed by atoms with Crippen molar-refractivity contribution in [3.05, 3.63) is 29.3 Å². The highest BCUT2D eigenvalue weighted by atomic mass is 35.6. The van der Waals surface area contributed by atoms with Gasteiger partial charge in [-0.25, -0.2) is 8.78 Å². The lowest BCUT2D eigenvalue weighted by atomic mass is 9.76. The molecule has 2 aliphatic rings. The molecule has 1 aliphatic heterocycles. The Morgan fingerprint density at radius 3 is 1.96 bits per heavy atom. The lowest BCUT2D eigenvalue weighted by Crippen LogP contribution is -2.19. The van der Waals surface area contributed by atoms with E-state index in [1.54, 1.807) is 0 Å². The molecule has 0 unspecified atom stereocenters. The van der Waals surface area contributed by atoms with Crippen molar-refractivity contribution in [3.8, 4) is 5.75 Å². The number of benzene rings is 1. The molecule has 2 fully saturated rings. The first-order valence-corrected chi connectivity index (χ1v) is 13.4. The molecule has 0 radical (unpaired) electrons. The van der Waals surface area contributed by atoms with Gasteiger partial charge in [-0.05, 0) is 73.2 Å². The van der Waals surface area contributed by atoms with Crippen molar-refractivity contribution in [3.63, 3.8) is 0 Å². The van der Waals surface area contributed by atoms with Crippen molar-refractivity contribution in [2.24, 2.45) is 11.8 Å². The number of rotatable bonds is 6. The molecule has 1 heterocycles. The van der Waals surface area contributed by atoms with Crippen LogP contribution in [-0.4, -0.2) is 14.7 Å². The Bertz CT molecular complexity index is 591. The van der Waals surface area contributed by atoms with E-state index in [1.165, 1.54) is 37.8 Å². The summed E-state index contributed by atoms with van der Waals surface area (Å²) in [6.45, 7) is -3.24. The number of alkyl halides is 2. The van der Waals surface area contributed by atoms with E-state index in [9.17, 15) is 17.6 Å². The van der Waals surface area contributed by atoms with Crippen LogP contribution in [0.4, 0.5) is 17.6 Å². The first-order chi connectivity index (χ1) is 12.9. The van der Waals surface area contributed by atoms with E-state index in [2.05, 4.69) is 4.74 Å². The van der Waals surface area contributed by atoms with Crippen LogP contribution in [0.3, 0.4) is 0 Å². The smallest absolute Gasteiger partial charge is 0.387 e. The molecular formula is C20H27ClF4OSi. The van der Waals surface area contributed by atoms with E-state index in [1.807, 2.05) is 0 Å². The van der Waals surface area contributed by atoms with Crippen molar-refractivity contribution in [1.82, 2.24) is 0 Å². The van der Waals surface area contributed by atoms with Crippen LogP contribution in [0.25, 0.3) is 0 Å². The quantitative estimate of drug-likeness (QED) is 0.272. The average molecular weight is 423 g/mol. The topological polar surface area (TPSA) is 9.23 Å². The fourth-order valence-corrected chi connectivity index (χ4v) is 7.39. The molecule has 0 aromatic heterocycles. The molecule has 0 spiro atoms. The van der Waals surface area contributed by atoms with Crippen molar-refractivity contribution in [1.29, 1.82) is 0 Å². The standard InChI is InChI=1S/C20H27ClF4OSi/c21-27-9-7-14(8-10-27)2-1-13-3-5-15(6-4-13)16-11-17(22)19(18(23)12-16)26-20(24)25/h11-15,20,27H,1-10H2. The molecule has 1 aliphatic carbocycles. The van der Waals surface area contributed by atoms with E-state index < -0.39 is 32.1 Å². The summed E-state index contributed by atoms with van der Waals surface area (Å²) in [6.07, 6.45) is 8.99. The summed E-state index contributed by atoms with van der Waals surface area (Å²) in [5.74, 6) is -1.49. The molecule has 1 aromatic carbocycles. The molecule has 1 nitrogen and oxygen atoms in total. The number of ether oxygens (including phenoxy) is 1. The Balaban J connectivity index is 1.49. The molecule has 0 atom stereocenters. The van der Waals surface area contributed by atoms with Crippen LogP contribution >= 0.6 is 11.1 Å². The summed E-state index contributed by atoms with van der Waals surface area (Å²) in [6, 6.07) is 4.84. The van der Waals surface area contributed by atoms with Gasteiger partial charge in [-0.3, -0.25) is 0 Å². The van der Waals surface area contributed by atoms with Gasteiger partial charge in [0.15, 0.2) is 17.4 Å². The van der Waals surface area contributed by atoms with E-state index >= 15 is 0 Å². The Kier molecular flexibility index (Phi) is 7.48. The molecule has 0 N–H and O–H groups in total. The summed E-state index contributed by atoms with van der Waals surface area (Å²) in [4.78, 5) is 0. The monoisotopic (exact) mass is 422 g/mol. The Morgan fingerprint density at radius 1 is 0.926 bits per heavy atom. The minimum absolute atomic E-state index is 0.0866. The lowest BCUT2D eigenvalue weighted by molar-refractivity contribution is -0.0546. The van der Waals surface area contributed by atoms with Gasteiger partial charge < -0.3 is 4.74 Å². The zero-order valence-corrected chi connectivity index (χ0v) is 17.3. The Hall–Kier alpha value is -0.753. The van der Waals surface area contributed by atoms with Gasteiger partial charge in [0.05, 0.1) is 0 Å². The van der Waals surface area contributed by atoms with Crippen LogP contribution < -0.4 is 4.74 Å². The van der Waals surface area contributed by atoms with Crippen LogP contribution in [-0.2, 0) is 0 Å². The predicted octanol–water partition coefficient (Wildman–Crippen LogP) is 6.99. The van der Waals surface area contributed by atoms with Gasteiger partial charge in [0.25, 0.3) is 0 Å². The molecule has 1 saturated carbocycles. The minimum atomic E-state index is -3.24. The van der Waals surface area contributed by atoms with Crippen molar-refractivity contribution < 1.29 is 22.3 Å². The van der Waals surface area contributed by atoms with Gasteiger partial charge >= 0.3 is 6.61 Å². The zero-order chi connectivity index (χ0) is 19.4. The van der Waals surface area contributed by atoms with Gasteiger partial charge in [-0.15, -0.1) is 0 Å². The molecule has 1 saturated heterocycles. The van der Waals surface area contributed by atoms with Gasteiger partial charge in [0.1, 0.15) is 8.11 Å². The third-order valence-corrected chi connectivity index (χ3v) is 9.53. The van der Waals surface area contributed by atoms with Gasteiger partial charge in [-0.2, -0.15) is 19.9 Å². The number of halogens is 5. The SMILES string of the molecule is Fc1cc(C2CCC(CCC3CC[SiH](Cl)CC3)CC2)cc(F)c1OC(F)F. The second kappa shape index (κ2) is 9.64. The van der Waals surface area contributed by atoms with Gasteiger partial charge in [0.2, 0.25) is 0 Å². The summed E-state index contributed by atoms with van der Waals surface area (Å²) in [7, 11) is -0.895. The highest BCUT2D eigenvalue weighted by Gasteiger charge is 2.27. The maximum Gasteiger partial charge on any atom is 0.387 e. The minimum Gasteiger partial charge on any atom is -0.429 e. The van der Waals surface area contributed by atoms with Crippen LogP contribution in [0.1, 0.15) is 62.8 Å².